The minimum atomic E-state index is 0.0208. The number of nitrogens with one attached hydrogen (secondary N) is 1. The van der Waals surface area contributed by atoms with Crippen LogP contribution in [-0.2, 0) is 4.79 Å². The molecule has 1 unspecified atom stereocenters. The number of hydrogen-bond acceptors (Lipinski definition) is 2. The van der Waals surface area contributed by atoms with Gasteiger partial charge in [-0.3, -0.25) is 4.79 Å². The topological polar surface area (TPSA) is 32.3 Å². The van der Waals surface area contributed by atoms with Crippen molar-refractivity contribution in [1.29, 1.82) is 0 Å². The van der Waals surface area contributed by atoms with Gasteiger partial charge in [0, 0.05) is 24.5 Å². The number of hydrogen-bond donors (Lipinski definition) is 1. The highest BCUT2D eigenvalue weighted by molar-refractivity contribution is 5.88. The molecule has 1 saturated heterocycles. The highest BCUT2D eigenvalue weighted by Gasteiger charge is 2.29. The lowest BCUT2D eigenvalue weighted by Crippen LogP contribution is -2.49. The third-order valence-corrected chi connectivity index (χ3v) is 2.42. The van der Waals surface area contributed by atoms with Gasteiger partial charge < -0.3 is 10.2 Å². The average Bonchev–Trinajstić information content (AvgIpc) is 2.18. The number of nitrogens with zero attached hydrogens (tertiary/aromatic N) is 1. The molecule has 3 heteroatoms. The van der Waals surface area contributed by atoms with Crippen LogP contribution in [0, 0.1) is 0 Å². The Kier molecular flexibility index (Phi) is 1.64. The molecule has 3 nitrogen and oxygen atoms in total. The van der Waals surface area contributed by atoms with Crippen LogP contribution in [0.5, 0.6) is 0 Å². The highest BCUT2D eigenvalue weighted by atomic mass is 16.2. The second kappa shape index (κ2) is 2.66. The maximum Gasteiger partial charge on any atom is 0.250 e. The van der Waals surface area contributed by atoms with Gasteiger partial charge in [0.1, 0.15) is 0 Å². The summed E-state index contributed by atoms with van der Waals surface area (Å²) in [4.78, 5) is 13.1. The van der Waals surface area contributed by atoms with E-state index in [2.05, 4.69) is 11.9 Å². The monoisotopic (exact) mass is 164 g/mol. The molecule has 3 aliphatic rings. The van der Waals surface area contributed by atoms with E-state index >= 15 is 0 Å². The van der Waals surface area contributed by atoms with Crippen molar-refractivity contribution in [3.05, 3.63) is 24.6 Å². The first kappa shape index (κ1) is 7.40. The minimum Gasteiger partial charge on any atom is -0.385 e. The van der Waals surface area contributed by atoms with Gasteiger partial charge in [-0.05, 0) is 18.9 Å². The summed E-state index contributed by atoms with van der Waals surface area (Å²) in [7, 11) is 0. The van der Waals surface area contributed by atoms with Gasteiger partial charge in [0.2, 0.25) is 5.91 Å². The molecule has 1 N–H and O–H groups in total. The Morgan fingerprint density at radius 3 is 3.08 bits per heavy atom. The molecule has 12 heavy (non-hydrogen) atoms. The van der Waals surface area contributed by atoms with E-state index in [4.69, 9.17) is 0 Å². The normalized spacial score (nSPS) is 26.2. The summed E-state index contributed by atoms with van der Waals surface area (Å²) in [5, 5.41) is 3.24. The van der Waals surface area contributed by atoms with E-state index in [0.717, 1.165) is 25.1 Å². The molecule has 0 radical (unpaired) electrons. The van der Waals surface area contributed by atoms with Crippen molar-refractivity contribution in [2.45, 2.75) is 18.9 Å². The summed E-state index contributed by atoms with van der Waals surface area (Å²) < 4.78 is 0. The van der Waals surface area contributed by atoms with Crippen LogP contribution in [-0.4, -0.2) is 23.4 Å². The second-order valence-electron chi connectivity index (χ2n) is 3.19. The molecule has 3 aliphatic heterocycles. The smallest absolute Gasteiger partial charge is 0.250 e. The third kappa shape index (κ3) is 1.02. The van der Waals surface area contributed by atoms with Crippen LogP contribution in [0.4, 0.5) is 0 Å². The molecule has 2 bridgehead atoms. The molecule has 3 rings (SSSR count). The summed E-state index contributed by atoms with van der Waals surface area (Å²) in [5.41, 5.74) is 1.10. The molecule has 0 spiro atoms. The molecule has 64 valence electrons. The maximum absolute atomic E-state index is 11.3. The van der Waals surface area contributed by atoms with Crippen molar-refractivity contribution in [3.63, 3.8) is 0 Å². The number of carbonyl (C=O) groups is 1. The zero-order valence-corrected chi connectivity index (χ0v) is 6.92. The van der Waals surface area contributed by atoms with Crippen molar-refractivity contribution >= 4 is 5.91 Å². The predicted octanol–water partition coefficient (Wildman–Crippen LogP) is 0.608. The van der Waals surface area contributed by atoms with Gasteiger partial charge in [-0.25, -0.2) is 0 Å². The largest absolute Gasteiger partial charge is 0.385 e. The van der Waals surface area contributed by atoms with E-state index in [1.165, 1.54) is 6.08 Å². The van der Waals surface area contributed by atoms with Gasteiger partial charge in [0.25, 0.3) is 0 Å². The fraction of sp³-hybridized carbons (Fsp3) is 0.444. The van der Waals surface area contributed by atoms with Crippen LogP contribution in [0.3, 0.4) is 0 Å². The van der Waals surface area contributed by atoms with Crippen LogP contribution in [0.25, 0.3) is 0 Å². The van der Waals surface area contributed by atoms with E-state index in [1.54, 1.807) is 4.90 Å². The fourth-order valence-electron chi connectivity index (χ4n) is 1.73. The lowest BCUT2D eigenvalue weighted by atomic mass is 9.99. The number of rotatable bonds is 1. The van der Waals surface area contributed by atoms with Crippen molar-refractivity contribution in [3.8, 4) is 0 Å². The van der Waals surface area contributed by atoms with E-state index in [0.29, 0.717) is 6.04 Å². The zero-order valence-electron chi connectivity index (χ0n) is 6.92. The average molecular weight is 164 g/mol. The Hall–Kier alpha value is -1.25. The van der Waals surface area contributed by atoms with Crippen LogP contribution >= 0.6 is 0 Å². The fourth-order valence-corrected chi connectivity index (χ4v) is 1.73. The molecular weight excluding hydrogens is 152 g/mol. The van der Waals surface area contributed by atoms with Crippen molar-refractivity contribution in [2.75, 3.05) is 6.54 Å². The minimum absolute atomic E-state index is 0.0208. The Morgan fingerprint density at radius 1 is 1.83 bits per heavy atom. The summed E-state index contributed by atoms with van der Waals surface area (Å²) >= 11 is 0. The van der Waals surface area contributed by atoms with E-state index in [-0.39, 0.29) is 5.91 Å². The first-order valence-electron chi connectivity index (χ1n) is 4.20. The SMILES string of the molecule is C=CC(=O)N1CC2CCC1=CN2. The van der Waals surface area contributed by atoms with Crippen LogP contribution in [0.15, 0.2) is 24.6 Å². The quantitative estimate of drug-likeness (QED) is 0.576. The van der Waals surface area contributed by atoms with Gasteiger partial charge in [-0.1, -0.05) is 6.58 Å². The van der Waals surface area contributed by atoms with Gasteiger partial charge in [-0.2, -0.15) is 0 Å². The molecule has 1 fully saturated rings. The first-order chi connectivity index (χ1) is 5.81. The third-order valence-electron chi connectivity index (χ3n) is 2.42. The number of amides is 1. The Balaban J connectivity index is 2.19. The van der Waals surface area contributed by atoms with Gasteiger partial charge in [-0.15, -0.1) is 0 Å². The van der Waals surface area contributed by atoms with Crippen molar-refractivity contribution < 1.29 is 4.79 Å². The number of piperidine rings is 1. The van der Waals surface area contributed by atoms with Crippen LogP contribution in [0.2, 0.25) is 0 Å². The van der Waals surface area contributed by atoms with Crippen molar-refractivity contribution in [2.24, 2.45) is 0 Å². The highest BCUT2D eigenvalue weighted by Crippen LogP contribution is 2.24. The van der Waals surface area contributed by atoms with Gasteiger partial charge in [0.05, 0.1) is 0 Å². The second-order valence-corrected chi connectivity index (χ2v) is 3.19. The summed E-state index contributed by atoms with van der Waals surface area (Å²) in [6, 6.07) is 0.450. The molecule has 0 aliphatic carbocycles. The predicted molar refractivity (Wildman–Crippen MR) is 46.2 cm³/mol. The van der Waals surface area contributed by atoms with E-state index < -0.39 is 0 Å². The van der Waals surface area contributed by atoms with Gasteiger partial charge in [0.15, 0.2) is 0 Å². The van der Waals surface area contributed by atoms with Crippen LogP contribution in [0.1, 0.15) is 12.8 Å². The van der Waals surface area contributed by atoms with E-state index in [9.17, 15) is 4.79 Å². The Bertz CT molecular complexity index is 257. The van der Waals surface area contributed by atoms with Gasteiger partial charge >= 0.3 is 0 Å². The molecule has 3 heterocycles. The molecule has 0 saturated carbocycles. The Morgan fingerprint density at radius 2 is 2.67 bits per heavy atom. The lowest BCUT2D eigenvalue weighted by Gasteiger charge is -2.39. The number of fused-ring (bicyclic) bond motifs is 3. The molecular formula is C9H12N2O. The molecule has 0 aromatic carbocycles. The summed E-state index contributed by atoms with van der Waals surface area (Å²) in [5.74, 6) is 0.0208. The van der Waals surface area contributed by atoms with Crippen molar-refractivity contribution in [1.82, 2.24) is 10.2 Å². The number of carbonyl (C=O) groups excluding carboxylic acids is 1. The lowest BCUT2D eigenvalue weighted by molar-refractivity contribution is -0.125. The molecule has 1 amide bonds. The number of allylic oxidation sites excluding steroid dienone is 1. The molecule has 1 atom stereocenters. The summed E-state index contributed by atoms with van der Waals surface area (Å²) in [6.07, 6.45) is 5.48. The summed E-state index contributed by atoms with van der Waals surface area (Å²) in [6.45, 7) is 4.28. The van der Waals surface area contributed by atoms with Crippen LogP contribution < -0.4 is 5.32 Å². The molecule has 0 aromatic heterocycles. The first-order valence-corrected chi connectivity index (χ1v) is 4.20. The zero-order chi connectivity index (χ0) is 8.55. The maximum atomic E-state index is 11.3. The molecule has 0 aromatic rings. The van der Waals surface area contributed by atoms with E-state index in [1.807, 2.05) is 6.20 Å². The Labute approximate surface area is 71.7 Å². The standard InChI is InChI=1S/C9H12N2O/c1-2-9(12)11-6-7-3-4-8(11)5-10-7/h2,5,7,10H,1,3-4,6H2.